The van der Waals surface area contributed by atoms with Gasteiger partial charge in [0.15, 0.2) is 0 Å². The van der Waals surface area contributed by atoms with E-state index in [4.69, 9.17) is 24.7 Å². The maximum absolute atomic E-state index is 10.6. The van der Waals surface area contributed by atoms with Gasteiger partial charge in [-0.2, -0.15) is 0 Å². The van der Waals surface area contributed by atoms with Crippen molar-refractivity contribution >= 4 is 5.97 Å². The van der Waals surface area contributed by atoms with E-state index in [1.165, 1.54) is 0 Å². The molecule has 138 valence electrons. The summed E-state index contributed by atoms with van der Waals surface area (Å²) in [5.74, 6) is -0.371. The van der Waals surface area contributed by atoms with Gasteiger partial charge in [-0.15, -0.1) is 0 Å². The zero-order valence-electron chi connectivity index (χ0n) is 14.9. The van der Waals surface area contributed by atoms with Gasteiger partial charge in [-0.05, 0) is 31.6 Å². The van der Waals surface area contributed by atoms with Crippen LogP contribution in [0.15, 0.2) is 0 Å². The Morgan fingerprint density at radius 2 is 1.48 bits per heavy atom. The molecule has 0 aromatic carbocycles. The van der Waals surface area contributed by atoms with Gasteiger partial charge in [0.2, 0.25) is 6.29 Å². The first-order valence-corrected chi connectivity index (χ1v) is 8.88. The van der Waals surface area contributed by atoms with Crippen LogP contribution in [0.3, 0.4) is 0 Å². The molecule has 6 heteroatoms. The SMILES string of the molecule is CCCCOOC(CCCC(C)CCC(=O)O)OOCCCC. The molecule has 1 atom stereocenters. The molecule has 0 saturated carbocycles. The predicted octanol–water partition coefficient (Wildman–Crippen LogP) is 4.48. The molecular formula is C17H34O6. The largest absolute Gasteiger partial charge is 0.481 e. The number of hydrogen-bond acceptors (Lipinski definition) is 5. The van der Waals surface area contributed by atoms with Gasteiger partial charge in [0, 0.05) is 12.8 Å². The third kappa shape index (κ3) is 16.0. The normalized spacial score (nSPS) is 12.7. The number of unbranched alkanes of at least 4 members (excludes halogenated alkanes) is 2. The number of carboxylic acids is 1. The second-order valence-corrected chi connectivity index (χ2v) is 5.94. The summed E-state index contributed by atoms with van der Waals surface area (Å²) in [5, 5.41) is 8.68. The van der Waals surface area contributed by atoms with Gasteiger partial charge in [0.1, 0.15) is 0 Å². The van der Waals surface area contributed by atoms with Crippen molar-refractivity contribution in [2.45, 2.75) is 84.8 Å². The quantitative estimate of drug-likeness (QED) is 0.183. The van der Waals surface area contributed by atoms with E-state index in [1.807, 2.05) is 0 Å². The van der Waals surface area contributed by atoms with Crippen LogP contribution in [-0.4, -0.2) is 30.6 Å². The molecule has 0 fully saturated rings. The summed E-state index contributed by atoms with van der Waals surface area (Å²) in [4.78, 5) is 31.4. The van der Waals surface area contributed by atoms with Crippen molar-refractivity contribution in [1.82, 2.24) is 0 Å². The van der Waals surface area contributed by atoms with Crippen molar-refractivity contribution in [1.29, 1.82) is 0 Å². The summed E-state index contributed by atoms with van der Waals surface area (Å²) in [5.41, 5.74) is 0. The molecular weight excluding hydrogens is 300 g/mol. The summed E-state index contributed by atoms with van der Waals surface area (Å²) < 4.78 is 0. The van der Waals surface area contributed by atoms with Crippen LogP contribution in [0.4, 0.5) is 0 Å². The van der Waals surface area contributed by atoms with Crippen molar-refractivity contribution in [3.63, 3.8) is 0 Å². The molecule has 6 nitrogen and oxygen atoms in total. The van der Waals surface area contributed by atoms with E-state index in [0.717, 1.165) is 38.5 Å². The van der Waals surface area contributed by atoms with E-state index < -0.39 is 12.3 Å². The summed E-state index contributed by atoms with van der Waals surface area (Å²) in [7, 11) is 0. The topological polar surface area (TPSA) is 74.2 Å². The highest BCUT2D eigenvalue weighted by molar-refractivity contribution is 5.66. The van der Waals surface area contributed by atoms with Crippen LogP contribution in [0.5, 0.6) is 0 Å². The van der Waals surface area contributed by atoms with Gasteiger partial charge < -0.3 is 5.11 Å². The Labute approximate surface area is 140 Å². The van der Waals surface area contributed by atoms with Crippen LogP contribution in [0.25, 0.3) is 0 Å². The lowest BCUT2D eigenvalue weighted by Crippen LogP contribution is -2.19. The molecule has 0 aliphatic carbocycles. The maximum atomic E-state index is 10.6. The maximum Gasteiger partial charge on any atom is 0.303 e. The lowest BCUT2D eigenvalue weighted by molar-refractivity contribution is -0.463. The van der Waals surface area contributed by atoms with Crippen molar-refractivity contribution < 1.29 is 29.5 Å². The number of rotatable bonds is 17. The summed E-state index contributed by atoms with van der Waals surface area (Å²) in [6, 6.07) is 0. The summed E-state index contributed by atoms with van der Waals surface area (Å²) in [6.07, 6.45) is 6.82. The Morgan fingerprint density at radius 3 is 1.96 bits per heavy atom. The highest BCUT2D eigenvalue weighted by Crippen LogP contribution is 2.17. The highest BCUT2D eigenvalue weighted by Gasteiger charge is 2.14. The Kier molecular flexibility index (Phi) is 15.7. The second-order valence-electron chi connectivity index (χ2n) is 5.94. The zero-order chi connectivity index (χ0) is 17.3. The number of carboxylic acid groups (broad SMARTS) is 1. The second kappa shape index (κ2) is 16.2. The van der Waals surface area contributed by atoms with Crippen LogP contribution in [-0.2, 0) is 24.3 Å². The van der Waals surface area contributed by atoms with Crippen LogP contribution < -0.4 is 0 Å². The molecule has 1 N–H and O–H groups in total. The smallest absolute Gasteiger partial charge is 0.303 e. The monoisotopic (exact) mass is 334 g/mol. The molecule has 0 amide bonds. The minimum Gasteiger partial charge on any atom is -0.481 e. The summed E-state index contributed by atoms with van der Waals surface area (Å²) in [6.45, 7) is 7.32. The molecule has 0 saturated heterocycles. The van der Waals surface area contributed by atoms with Crippen molar-refractivity contribution in [2.75, 3.05) is 13.2 Å². The Bertz CT molecular complexity index is 260. The third-order valence-electron chi connectivity index (χ3n) is 3.50. The van der Waals surface area contributed by atoms with E-state index in [9.17, 15) is 4.79 Å². The van der Waals surface area contributed by atoms with Gasteiger partial charge >= 0.3 is 5.97 Å². The highest BCUT2D eigenvalue weighted by atomic mass is 17.3. The average Bonchev–Trinajstić information content (AvgIpc) is 2.53. The van der Waals surface area contributed by atoms with Crippen LogP contribution in [0.2, 0.25) is 0 Å². The molecule has 0 bridgehead atoms. The van der Waals surface area contributed by atoms with E-state index in [2.05, 4.69) is 20.8 Å². The van der Waals surface area contributed by atoms with Crippen molar-refractivity contribution in [3.05, 3.63) is 0 Å². The van der Waals surface area contributed by atoms with Crippen LogP contribution >= 0.6 is 0 Å². The van der Waals surface area contributed by atoms with Crippen LogP contribution in [0.1, 0.15) is 78.6 Å². The van der Waals surface area contributed by atoms with E-state index >= 15 is 0 Å². The number of hydrogen-bond donors (Lipinski definition) is 1. The first-order chi connectivity index (χ1) is 11.1. The van der Waals surface area contributed by atoms with Gasteiger partial charge in [0.25, 0.3) is 0 Å². The first-order valence-electron chi connectivity index (χ1n) is 8.88. The molecule has 0 radical (unpaired) electrons. The fraction of sp³-hybridized carbons (Fsp3) is 0.941. The van der Waals surface area contributed by atoms with Crippen LogP contribution in [0, 0.1) is 5.92 Å². The molecule has 0 aromatic heterocycles. The standard InChI is InChI=1S/C17H34O6/c1-4-6-13-20-22-17(23-21-14-7-5-2)10-8-9-15(3)11-12-16(18)19/h15,17H,4-14H2,1-3H3,(H,18,19). The molecule has 1 unspecified atom stereocenters. The molecule has 0 spiro atoms. The minimum absolute atomic E-state index is 0.220. The van der Waals surface area contributed by atoms with Crippen molar-refractivity contribution in [2.24, 2.45) is 5.92 Å². The molecule has 23 heavy (non-hydrogen) atoms. The molecule has 0 heterocycles. The Morgan fingerprint density at radius 1 is 0.913 bits per heavy atom. The average molecular weight is 334 g/mol. The minimum atomic E-state index is -0.741. The fourth-order valence-electron chi connectivity index (χ4n) is 1.91. The lowest BCUT2D eigenvalue weighted by Gasteiger charge is -2.17. The van der Waals surface area contributed by atoms with E-state index in [0.29, 0.717) is 32.0 Å². The summed E-state index contributed by atoms with van der Waals surface area (Å²) >= 11 is 0. The van der Waals surface area contributed by atoms with E-state index in [1.54, 1.807) is 0 Å². The van der Waals surface area contributed by atoms with Gasteiger partial charge in [-0.25, -0.2) is 19.6 Å². The Hall–Kier alpha value is -0.690. The van der Waals surface area contributed by atoms with E-state index in [-0.39, 0.29) is 6.42 Å². The van der Waals surface area contributed by atoms with Gasteiger partial charge in [0.05, 0.1) is 13.2 Å². The molecule has 0 aliphatic heterocycles. The van der Waals surface area contributed by atoms with Gasteiger partial charge in [-0.1, -0.05) is 40.0 Å². The first kappa shape index (κ1) is 22.3. The lowest BCUT2D eigenvalue weighted by atomic mass is 9.99. The predicted molar refractivity (Wildman–Crippen MR) is 87.6 cm³/mol. The Balaban J connectivity index is 3.90. The molecule has 0 aliphatic rings. The molecule has 0 rings (SSSR count). The number of aliphatic carboxylic acids is 1. The number of carbonyl (C=O) groups is 1. The van der Waals surface area contributed by atoms with Gasteiger partial charge in [-0.3, -0.25) is 4.79 Å². The zero-order valence-corrected chi connectivity index (χ0v) is 14.9. The molecule has 0 aromatic rings. The fourth-order valence-corrected chi connectivity index (χ4v) is 1.91. The third-order valence-corrected chi connectivity index (χ3v) is 3.50. The van der Waals surface area contributed by atoms with Crippen molar-refractivity contribution in [3.8, 4) is 0 Å².